The zero-order chi connectivity index (χ0) is 40.1. The molecular formula is C44H56N2O8. The number of nitrogens with zero attached hydrogens (tertiary/aromatic N) is 1. The van der Waals surface area contributed by atoms with Gasteiger partial charge in [-0.3, -0.25) is 4.79 Å². The van der Waals surface area contributed by atoms with Crippen molar-refractivity contribution in [1.82, 2.24) is 0 Å². The van der Waals surface area contributed by atoms with Crippen LogP contribution >= 0.6 is 0 Å². The molecule has 0 saturated heterocycles. The van der Waals surface area contributed by atoms with Crippen LogP contribution in [0, 0.1) is 35.0 Å². The van der Waals surface area contributed by atoms with Crippen LogP contribution in [0.25, 0.3) is 11.8 Å². The van der Waals surface area contributed by atoms with Gasteiger partial charge in [-0.15, -0.1) is 0 Å². The number of allylic oxidation sites excluding steroid dienone is 5. The van der Waals surface area contributed by atoms with Gasteiger partial charge in [0, 0.05) is 40.9 Å². The van der Waals surface area contributed by atoms with Crippen molar-refractivity contribution in [3.8, 4) is 23.3 Å². The third-order valence-corrected chi connectivity index (χ3v) is 11.7. The summed E-state index contributed by atoms with van der Waals surface area (Å²) in [6.07, 6.45) is 11.5. The summed E-state index contributed by atoms with van der Waals surface area (Å²) in [5.41, 5.74) is 6.75. The van der Waals surface area contributed by atoms with Gasteiger partial charge in [0.25, 0.3) is 0 Å². The standard InChI is InChI=1S/C44H56N2O8/c1-23(2)14-13-19-42(10)20-18-30-35(53-42)29(16-15-24(3)4)37-33(36(30)50-11)38-34-32(31(22-45)40(46)52-38)27(8)39(47)43(49,21-17-26(7)41(48)51-12)44(34,54-37)28(9)25(5)6/h14-15,17-18,20,25,27-28,32,49H,13,16,19,21,46H2,1-12H3/b26-17-. The highest BCUT2D eigenvalue weighted by atomic mass is 16.5. The Hall–Kier alpha value is -4.75. The van der Waals surface area contributed by atoms with E-state index in [2.05, 4.69) is 32.1 Å². The fourth-order valence-electron chi connectivity index (χ4n) is 8.44. The van der Waals surface area contributed by atoms with Crippen LogP contribution in [0.2, 0.25) is 0 Å². The Bertz CT molecular complexity index is 1980. The van der Waals surface area contributed by atoms with Gasteiger partial charge in [0.05, 0.1) is 25.4 Å². The normalized spacial score (nSPS) is 27.4. The van der Waals surface area contributed by atoms with E-state index in [1.54, 1.807) is 21.0 Å². The zero-order valence-corrected chi connectivity index (χ0v) is 33.9. The highest BCUT2D eigenvalue weighted by Crippen LogP contribution is 2.65. The third kappa shape index (κ3) is 6.34. The molecule has 54 heavy (non-hydrogen) atoms. The minimum atomic E-state index is -2.24. The number of hydrogen-bond donors (Lipinski definition) is 2. The summed E-state index contributed by atoms with van der Waals surface area (Å²) in [4.78, 5) is 27.6. The van der Waals surface area contributed by atoms with Crippen molar-refractivity contribution in [3.63, 3.8) is 0 Å². The number of carbonyl (C=O) groups excluding carboxylic acids is 2. The number of nitrogens with two attached hydrogens (primary N) is 1. The van der Waals surface area contributed by atoms with Crippen molar-refractivity contribution in [3.05, 3.63) is 74.7 Å². The van der Waals surface area contributed by atoms with Gasteiger partial charge in [-0.05, 0) is 78.9 Å². The molecular weight excluding hydrogens is 684 g/mol. The Kier molecular flexibility index (Phi) is 11.1. The molecule has 10 heteroatoms. The molecule has 3 N–H and O–H groups in total. The number of ether oxygens (including phenoxy) is 5. The molecule has 0 bridgehead atoms. The monoisotopic (exact) mass is 740 g/mol. The van der Waals surface area contributed by atoms with E-state index < -0.39 is 46.3 Å². The van der Waals surface area contributed by atoms with E-state index in [1.807, 2.05) is 53.7 Å². The minimum Gasteiger partial charge on any atom is -0.495 e. The number of ketones is 1. The van der Waals surface area contributed by atoms with Gasteiger partial charge in [-0.2, -0.15) is 5.26 Å². The van der Waals surface area contributed by atoms with Crippen LogP contribution in [0.3, 0.4) is 0 Å². The zero-order valence-electron chi connectivity index (χ0n) is 33.9. The van der Waals surface area contributed by atoms with Gasteiger partial charge >= 0.3 is 5.97 Å². The highest BCUT2D eigenvalue weighted by molar-refractivity contribution is 5.99. The Balaban J connectivity index is 1.95. The highest BCUT2D eigenvalue weighted by Gasteiger charge is 2.72. The summed E-state index contributed by atoms with van der Waals surface area (Å²) < 4.78 is 32.2. The molecule has 4 aliphatic rings. The minimum absolute atomic E-state index is 0.0855. The maximum Gasteiger partial charge on any atom is 0.333 e. The molecule has 5 rings (SSSR count). The maximum atomic E-state index is 15.0. The van der Waals surface area contributed by atoms with Gasteiger partial charge < -0.3 is 34.5 Å². The molecule has 0 radical (unpaired) electrons. The second-order valence-corrected chi connectivity index (χ2v) is 16.2. The second-order valence-electron chi connectivity index (χ2n) is 16.2. The molecule has 3 aliphatic heterocycles. The van der Waals surface area contributed by atoms with Gasteiger partial charge in [0.2, 0.25) is 5.88 Å². The first kappa shape index (κ1) is 40.4. The van der Waals surface area contributed by atoms with Crippen molar-refractivity contribution in [2.45, 2.75) is 112 Å². The van der Waals surface area contributed by atoms with E-state index in [1.165, 1.54) is 18.8 Å². The second kappa shape index (κ2) is 14.8. The van der Waals surface area contributed by atoms with Crippen molar-refractivity contribution in [2.75, 3.05) is 14.2 Å². The number of methoxy groups -OCH3 is 2. The SMILES string of the molecule is COC(=O)/C(C)=C\CC1(O)C(=O)C(C)C2C(C#N)=C(N)OC3=C2C1(C(C)C(C)C)Oc1c(CC=C(C)C)c2c(c(OC)c13)C=CC(C)(CCC=C(C)C)O2. The topological polar surface area (TPSA) is 150 Å². The van der Waals surface area contributed by atoms with Crippen molar-refractivity contribution >= 4 is 23.6 Å². The number of rotatable bonds is 11. The molecule has 0 aromatic heterocycles. The lowest BCUT2D eigenvalue weighted by atomic mass is 9.51. The summed E-state index contributed by atoms with van der Waals surface area (Å²) >= 11 is 0. The Morgan fingerprint density at radius 2 is 1.74 bits per heavy atom. The van der Waals surface area contributed by atoms with Gasteiger partial charge in [-0.1, -0.05) is 57.1 Å². The molecule has 6 unspecified atom stereocenters. The van der Waals surface area contributed by atoms with Crippen molar-refractivity contribution < 1.29 is 38.4 Å². The first-order valence-corrected chi connectivity index (χ1v) is 18.8. The molecule has 0 spiro atoms. The van der Waals surface area contributed by atoms with E-state index in [0.29, 0.717) is 52.4 Å². The number of aliphatic hydroxyl groups is 1. The van der Waals surface area contributed by atoms with Gasteiger partial charge in [-0.25, -0.2) is 4.79 Å². The molecule has 1 aromatic carbocycles. The van der Waals surface area contributed by atoms with E-state index in [9.17, 15) is 20.0 Å². The number of carbonyl (C=O) groups is 2. The van der Waals surface area contributed by atoms with E-state index in [4.69, 9.17) is 29.4 Å². The van der Waals surface area contributed by atoms with E-state index in [-0.39, 0.29) is 35.1 Å². The average molecular weight is 741 g/mol. The summed E-state index contributed by atoms with van der Waals surface area (Å²) in [5.74, 6) is -2.17. The molecule has 1 saturated carbocycles. The molecule has 1 fully saturated rings. The lowest BCUT2D eigenvalue weighted by Crippen LogP contribution is -2.74. The maximum absolute atomic E-state index is 15.0. The van der Waals surface area contributed by atoms with Crippen molar-refractivity contribution in [1.29, 1.82) is 5.26 Å². The lowest BCUT2D eigenvalue weighted by Gasteiger charge is -2.60. The predicted molar refractivity (Wildman–Crippen MR) is 208 cm³/mol. The van der Waals surface area contributed by atoms with Crippen LogP contribution in [-0.2, 0) is 25.5 Å². The number of nitriles is 1. The Morgan fingerprint density at radius 1 is 1.07 bits per heavy atom. The van der Waals surface area contributed by atoms with E-state index in [0.717, 1.165) is 12.0 Å². The molecule has 290 valence electrons. The number of Topliss-reactive ketones (excluding diaryl/α,β-unsaturated/α-hetero) is 1. The lowest BCUT2D eigenvalue weighted by molar-refractivity contribution is -0.188. The fraction of sp³-hybridized carbons (Fsp3) is 0.523. The van der Waals surface area contributed by atoms with E-state index >= 15 is 0 Å². The number of hydrogen-bond acceptors (Lipinski definition) is 10. The van der Waals surface area contributed by atoms with Crippen LogP contribution in [0.5, 0.6) is 17.2 Å². The summed E-state index contributed by atoms with van der Waals surface area (Å²) in [7, 11) is 2.84. The number of esters is 1. The van der Waals surface area contributed by atoms with Crippen LogP contribution in [0.1, 0.15) is 105 Å². The first-order chi connectivity index (χ1) is 25.3. The molecule has 3 heterocycles. The van der Waals surface area contributed by atoms with Crippen molar-refractivity contribution in [2.24, 2.45) is 29.4 Å². The summed E-state index contributed by atoms with van der Waals surface area (Å²) in [6.45, 7) is 19.4. The molecule has 1 aliphatic carbocycles. The molecule has 10 nitrogen and oxygen atoms in total. The predicted octanol–water partition coefficient (Wildman–Crippen LogP) is 8.05. The largest absolute Gasteiger partial charge is 0.495 e. The quantitative estimate of drug-likeness (QED) is 0.130. The Labute approximate surface area is 320 Å². The molecule has 0 amide bonds. The number of benzene rings is 1. The van der Waals surface area contributed by atoms with Crippen LogP contribution < -0.4 is 19.9 Å². The summed E-state index contributed by atoms with van der Waals surface area (Å²) in [5, 5.41) is 23.8. The average Bonchev–Trinajstić information content (AvgIpc) is 3.12. The fourth-order valence-corrected chi connectivity index (χ4v) is 8.44. The summed E-state index contributed by atoms with van der Waals surface area (Å²) in [6, 6.07) is 2.22. The van der Waals surface area contributed by atoms with Gasteiger partial charge in [0.15, 0.2) is 17.0 Å². The number of fused-ring (bicyclic) bond motifs is 3. The smallest absolute Gasteiger partial charge is 0.333 e. The van der Waals surface area contributed by atoms with Crippen LogP contribution in [-0.4, -0.2) is 47.9 Å². The van der Waals surface area contributed by atoms with Gasteiger partial charge in [0.1, 0.15) is 40.2 Å². The van der Waals surface area contributed by atoms with Crippen LogP contribution in [0.15, 0.2) is 58.1 Å². The molecule has 6 atom stereocenters. The Morgan fingerprint density at radius 3 is 2.31 bits per heavy atom. The van der Waals surface area contributed by atoms with Crippen LogP contribution in [0.4, 0.5) is 0 Å². The molecule has 1 aromatic rings. The third-order valence-electron chi connectivity index (χ3n) is 11.7. The first-order valence-electron chi connectivity index (χ1n) is 18.8.